The third-order valence-electron chi connectivity index (χ3n) is 1.78. The predicted molar refractivity (Wildman–Crippen MR) is 49.5 cm³/mol. The Kier molecular flexibility index (Phi) is 3.12. The summed E-state index contributed by atoms with van der Waals surface area (Å²) in [6.45, 7) is 0. The maximum Gasteiger partial charge on any atom is 0.417 e. The number of benzene rings is 1. The van der Waals surface area contributed by atoms with Crippen LogP contribution in [0.5, 0.6) is 0 Å². The second-order valence-corrected chi connectivity index (χ2v) is 4.45. The first kappa shape index (κ1) is 13.4. The van der Waals surface area contributed by atoms with Crippen LogP contribution in [0.2, 0.25) is 0 Å². The molecule has 0 bridgehead atoms. The molecule has 0 radical (unpaired) electrons. The first-order valence-electron chi connectivity index (χ1n) is 3.92. The van der Waals surface area contributed by atoms with E-state index in [0.29, 0.717) is 12.1 Å². The van der Waals surface area contributed by atoms with Gasteiger partial charge >= 0.3 is 6.18 Å². The van der Waals surface area contributed by atoms with E-state index in [1.165, 1.54) is 0 Å². The molecule has 0 amide bonds. The molecular weight excluding hydrogens is 265 g/mol. The number of nitro benzene ring substituents is 1. The van der Waals surface area contributed by atoms with Gasteiger partial charge < -0.3 is 0 Å². The fourth-order valence-corrected chi connectivity index (χ4v) is 2.12. The molecule has 6 nitrogen and oxygen atoms in total. The third-order valence-corrected chi connectivity index (χ3v) is 2.78. The molecule has 94 valence electrons. The first-order valence-corrected chi connectivity index (χ1v) is 5.47. The van der Waals surface area contributed by atoms with Crippen LogP contribution in [0, 0.1) is 10.1 Å². The second-order valence-electron chi connectivity index (χ2n) is 2.95. The third kappa shape index (κ3) is 2.71. The summed E-state index contributed by atoms with van der Waals surface area (Å²) in [6, 6.07) is 1.78. The van der Waals surface area contributed by atoms with Gasteiger partial charge in [0.05, 0.1) is 10.5 Å². The Labute approximate surface area is 93.0 Å². The molecule has 2 N–H and O–H groups in total. The monoisotopic (exact) mass is 270 g/mol. The SMILES string of the molecule is NS(=O)(=O)c1c([N+](=O)[O-])cccc1C(F)(F)F. The van der Waals surface area contributed by atoms with Gasteiger partial charge in [0.2, 0.25) is 10.0 Å². The summed E-state index contributed by atoms with van der Waals surface area (Å²) in [7, 11) is -4.85. The minimum atomic E-state index is -5.05. The van der Waals surface area contributed by atoms with Crippen LogP contribution in [0.4, 0.5) is 18.9 Å². The van der Waals surface area contributed by atoms with Crippen molar-refractivity contribution in [2.24, 2.45) is 5.14 Å². The number of hydrogen-bond acceptors (Lipinski definition) is 4. The summed E-state index contributed by atoms with van der Waals surface area (Å²) < 4.78 is 59.4. The molecule has 1 rings (SSSR count). The molecule has 0 aromatic heterocycles. The van der Waals surface area contributed by atoms with E-state index in [4.69, 9.17) is 0 Å². The molecule has 0 aliphatic rings. The zero-order valence-corrected chi connectivity index (χ0v) is 8.75. The lowest BCUT2D eigenvalue weighted by Crippen LogP contribution is -2.20. The quantitative estimate of drug-likeness (QED) is 0.645. The number of nitrogens with zero attached hydrogens (tertiary/aromatic N) is 1. The second kappa shape index (κ2) is 3.96. The lowest BCUT2D eigenvalue weighted by atomic mass is 10.2. The average molecular weight is 270 g/mol. The molecule has 1 aromatic carbocycles. The summed E-state index contributed by atoms with van der Waals surface area (Å²) in [5.41, 5.74) is -2.86. The number of hydrogen-bond donors (Lipinski definition) is 1. The molecule has 0 fully saturated rings. The number of nitrogens with two attached hydrogens (primary N) is 1. The number of primary sulfonamides is 1. The van der Waals surface area contributed by atoms with Crippen molar-refractivity contribution < 1.29 is 26.5 Å². The fraction of sp³-hybridized carbons (Fsp3) is 0.143. The van der Waals surface area contributed by atoms with Crippen LogP contribution in [-0.2, 0) is 16.2 Å². The van der Waals surface area contributed by atoms with Crippen molar-refractivity contribution in [1.29, 1.82) is 0 Å². The summed E-state index contributed by atoms with van der Waals surface area (Å²) in [6.07, 6.45) is -5.05. The maximum absolute atomic E-state index is 12.5. The highest BCUT2D eigenvalue weighted by Gasteiger charge is 2.40. The Hall–Kier alpha value is -1.68. The van der Waals surface area contributed by atoms with Crippen molar-refractivity contribution in [1.82, 2.24) is 0 Å². The molecule has 0 saturated heterocycles. The van der Waals surface area contributed by atoms with Gasteiger partial charge in [0.1, 0.15) is 0 Å². The Morgan fingerprint density at radius 2 is 1.82 bits per heavy atom. The molecule has 0 aliphatic carbocycles. The van der Waals surface area contributed by atoms with Crippen LogP contribution in [0.15, 0.2) is 23.1 Å². The Balaban J connectivity index is 3.77. The van der Waals surface area contributed by atoms with Crippen LogP contribution in [0.1, 0.15) is 5.56 Å². The van der Waals surface area contributed by atoms with Gasteiger partial charge in [0, 0.05) is 6.07 Å². The van der Waals surface area contributed by atoms with Gasteiger partial charge in [-0.3, -0.25) is 10.1 Å². The topological polar surface area (TPSA) is 103 Å². The Bertz CT molecular complexity index is 567. The van der Waals surface area contributed by atoms with Crippen molar-refractivity contribution in [2.45, 2.75) is 11.1 Å². The number of nitro groups is 1. The molecule has 0 saturated carbocycles. The van der Waals surface area contributed by atoms with E-state index in [-0.39, 0.29) is 0 Å². The normalized spacial score (nSPS) is 12.5. The van der Waals surface area contributed by atoms with Gasteiger partial charge in [-0.25, -0.2) is 13.6 Å². The van der Waals surface area contributed by atoms with Crippen LogP contribution in [0.25, 0.3) is 0 Å². The Morgan fingerprint density at radius 1 is 1.29 bits per heavy atom. The summed E-state index contributed by atoms with van der Waals surface area (Å²) in [5, 5.41) is 15.0. The zero-order chi connectivity index (χ0) is 13.4. The molecule has 0 atom stereocenters. The van der Waals surface area contributed by atoms with Gasteiger partial charge in [0.15, 0.2) is 4.90 Å². The maximum atomic E-state index is 12.5. The molecule has 17 heavy (non-hydrogen) atoms. The largest absolute Gasteiger partial charge is 0.417 e. The molecule has 0 spiro atoms. The van der Waals surface area contributed by atoms with Crippen molar-refractivity contribution in [3.63, 3.8) is 0 Å². The van der Waals surface area contributed by atoms with Crippen molar-refractivity contribution in [3.8, 4) is 0 Å². The van der Waals surface area contributed by atoms with E-state index in [2.05, 4.69) is 5.14 Å². The lowest BCUT2D eigenvalue weighted by Gasteiger charge is -2.10. The molecule has 0 unspecified atom stereocenters. The highest BCUT2D eigenvalue weighted by Crippen LogP contribution is 2.37. The molecule has 0 aliphatic heterocycles. The average Bonchev–Trinajstić information content (AvgIpc) is 2.13. The van der Waals surface area contributed by atoms with Crippen molar-refractivity contribution in [3.05, 3.63) is 33.9 Å². The van der Waals surface area contributed by atoms with Gasteiger partial charge in [0.25, 0.3) is 5.69 Å². The van der Waals surface area contributed by atoms with E-state index in [1.54, 1.807) is 0 Å². The van der Waals surface area contributed by atoms with Crippen LogP contribution in [0.3, 0.4) is 0 Å². The van der Waals surface area contributed by atoms with Gasteiger partial charge in [-0.2, -0.15) is 13.2 Å². The summed E-state index contributed by atoms with van der Waals surface area (Å²) in [4.78, 5) is 7.69. The minimum absolute atomic E-state index is 0.409. The van der Waals surface area contributed by atoms with Crippen molar-refractivity contribution >= 4 is 15.7 Å². The predicted octanol–water partition coefficient (Wildman–Crippen LogP) is 1.26. The highest BCUT2D eigenvalue weighted by atomic mass is 32.2. The van der Waals surface area contributed by atoms with E-state index < -0.39 is 37.3 Å². The van der Waals surface area contributed by atoms with Crippen LogP contribution < -0.4 is 5.14 Å². The summed E-state index contributed by atoms with van der Waals surface area (Å²) in [5.74, 6) is 0. The van der Waals surface area contributed by atoms with E-state index in [9.17, 15) is 31.7 Å². The Morgan fingerprint density at radius 3 is 2.18 bits per heavy atom. The molecule has 10 heteroatoms. The lowest BCUT2D eigenvalue weighted by molar-refractivity contribution is -0.388. The smallest absolute Gasteiger partial charge is 0.258 e. The molecule has 1 aromatic rings. The molecule has 0 heterocycles. The minimum Gasteiger partial charge on any atom is -0.258 e. The van der Waals surface area contributed by atoms with Crippen LogP contribution in [-0.4, -0.2) is 13.3 Å². The van der Waals surface area contributed by atoms with E-state index in [0.717, 1.165) is 6.07 Å². The standard InChI is InChI=1S/C7H5F3N2O4S/c8-7(9,10)4-2-1-3-5(12(13)14)6(4)17(11,15)16/h1-3H,(H2,11,15,16). The van der Waals surface area contributed by atoms with Gasteiger partial charge in [-0.15, -0.1) is 0 Å². The van der Waals surface area contributed by atoms with Gasteiger partial charge in [-0.1, -0.05) is 6.07 Å². The highest BCUT2D eigenvalue weighted by molar-refractivity contribution is 7.89. The zero-order valence-electron chi connectivity index (χ0n) is 7.93. The van der Waals surface area contributed by atoms with Crippen molar-refractivity contribution in [2.75, 3.05) is 0 Å². The van der Waals surface area contributed by atoms with E-state index >= 15 is 0 Å². The number of halogens is 3. The first-order chi connectivity index (χ1) is 7.55. The molecular formula is C7H5F3N2O4S. The summed E-state index contributed by atoms with van der Waals surface area (Å²) >= 11 is 0. The van der Waals surface area contributed by atoms with E-state index in [1.807, 2.05) is 0 Å². The number of alkyl halides is 3. The number of sulfonamides is 1. The van der Waals surface area contributed by atoms with Gasteiger partial charge in [-0.05, 0) is 6.07 Å². The fourth-order valence-electron chi connectivity index (χ4n) is 1.19. The number of rotatable bonds is 2. The van der Waals surface area contributed by atoms with Crippen LogP contribution >= 0.6 is 0 Å².